The van der Waals surface area contributed by atoms with Crippen molar-refractivity contribution in [2.45, 2.75) is 56.3 Å². The van der Waals surface area contributed by atoms with Crippen molar-refractivity contribution in [1.82, 2.24) is 16.0 Å². The number of aliphatic imine (C=N–C) groups is 1. The van der Waals surface area contributed by atoms with Crippen LogP contribution < -0.4 is 38.9 Å². The van der Waals surface area contributed by atoms with Crippen molar-refractivity contribution in [1.29, 1.82) is 0 Å². The van der Waals surface area contributed by atoms with Gasteiger partial charge in [0.05, 0.1) is 12.6 Å². The summed E-state index contributed by atoms with van der Waals surface area (Å²) in [7, 11) is 0. The number of hydrogen-bond acceptors (Lipinski definition) is 9. The molecule has 0 radical (unpaired) electrons. The zero-order valence-corrected chi connectivity index (χ0v) is 20.4. The predicted molar refractivity (Wildman–Crippen MR) is 130 cm³/mol. The summed E-state index contributed by atoms with van der Waals surface area (Å²) in [4.78, 5) is 63.9. The van der Waals surface area contributed by atoms with Gasteiger partial charge in [0.15, 0.2) is 5.96 Å². The van der Waals surface area contributed by atoms with E-state index < -0.39 is 60.4 Å². The fourth-order valence-electron chi connectivity index (χ4n) is 2.71. The van der Waals surface area contributed by atoms with Crippen LogP contribution >= 0.6 is 11.8 Å². The highest BCUT2D eigenvalue weighted by molar-refractivity contribution is 7.98. The monoisotopic (exact) mass is 520 g/mol. The third kappa shape index (κ3) is 14.0. The number of carboxylic acids is 1. The Morgan fingerprint density at radius 1 is 0.886 bits per heavy atom. The Morgan fingerprint density at radius 3 is 1.97 bits per heavy atom. The Bertz CT molecular complexity index is 763. The van der Waals surface area contributed by atoms with Gasteiger partial charge < -0.3 is 49.1 Å². The van der Waals surface area contributed by atoms with E-state index in [0.717, 1.165) is 0 Å². The number of rotatable bonds is 18. The van der Waals surface area contributed by atoms with Gasteiger partial charge in [0.25, 0.3) is 0 Å². The first kappa shape index (κ1) is 31.9. The molecule has 4 amide bonds. The molecule has 0 heterocycles. The summed E-state index contributed by atoms with van der Waals surface area (Å²) < 4.78 is 0. The zero-order valence-electron chi connectivity index (χ0n) is 19.6. The summed E-state index contributed by atoms with van der Waals surface area (Å²) in [6.07, 6.45) is 1.99. The van der Waals surface area contributed by atoms with E-state index in [1.165, 1.54) is 11.8 Å². The van der Waals surface area contributed by atoms with Crippen molar-refractivity contribution < 1.29 is 34.2 Å². The van der Waals surface area contributed by atoms with Gasteiger partial charge in [-0.25, -0.2) is 4.79 Å². The summed E-state index contributed by atoms with van der Waals surface area (Å²) in [5, 5.41) is 25.8. The largest absolute Gasteiger partial charge is 0.480 e. The number of nitrogens with two attached hydrogens (primary N) is 4. The standard InChI is InChI=1S/C19H36N8O7S/c1-35-8-6-10(20)15(30)25-11(4-5-14(21)29)16(31)27-13(9-28)17(32)26-12(18(33)34)3-2-7-24-19(22)23/h10-13,28H,2-9,20H2,1H3,(H2,21,29)(H,25,30)(H,26,32)(H,27,31)(H,33,34)(H4,22,23,24). The fraction of sp³-hybridized carbons (Fsp3) is 0.684. The second-order valence-corrected chi connectivity index (χ2v) is 8.53. The fourth-order valence-corrected chi connectivity index (χ4v) is 3.20. The molecule has 0 aromatic heterocycles. The number of carbonyl (C=O) groups is 5. The topological polar surface area (TPSA) is 278 Å². The number of nitrogens with one attached hydrogen (secondary N) is 3. The van der Waals surface area contributed by atoms with E-state index in [9.17, 15) is 34.2 Å². The smallest absolute Gasteiger partial charge is 0.326 e. The number of guanidine groups is 1. The summed E-state index contributed by atoms with van der Waals surface area (Å²) in [6, 6.07) is -5.03. The maximum Gasteiger partial charge on any atom is 0.326 e. The predicted octanol–water partition coefficient (Wildman–Crippen LogP) is -4.08. The van der Waals surface area contributed by atoms with Gasteiger partial charge in [-0.05, 0) is 37.7 Å². The highest BCUT2D eigenvalue weighted by Crippen LogP contribution is 2.04. The molecule has 0 spiro atoms. The second kappa shape index (κ2) is 17.3. The summed E-state index contributed by atoms with van der Waals surface area (Å²) in [6.45, 7) is -0.718. The van der Waals surface area contributed by atoms with Crippen LogP contribution in [0.1, 0.15) is 32.1 Å². The van der Waals surface area contributed by atoms with Gasteiger partial charge >= 0.3 is 5.97 Å². The first-order valence-electron chi connectivity index (χ1n) is 10.8. The molecule has 0 rings (SSSR count). The minimum absolute atomic E-state index is 0.0187. The molecular weight excluding hydrogens is 484 g/mol. The van der Waals surface area contributed by atoms with Crippen LogP contribution in [0, 0.1) is 0 Å². The molecule has 0 aliphatic heterocycles. The van der Waals surface area contributed by atoms with E-state index >= 15 is 0 Å². The van der Waals surface area contributed by atoms with Crippen molar-refractivity contribution >= 4 is 47.3 Å². The van der Waals surface area contributed by atoms with Crippen LogP contribution in [0.15, 0.2) is 4.99 Å². The number of hydrogen-bond donors (Lipinski definition) is 9. The molecule has 0 aromatic rings. The van der Waals surface area contributed by atoms with Crippen LogP contribution in [0.25, 0.3) is 0 Å². The molecule has 35 heavy (non-hydrogen) atoms. The number of amides is 4. The lowest BCUT2D eigenvalue weighted by atomic mass is 10.1. The lowest BCUT2D eigenvalue weighted by Crippen LogP contribution is -2.58. The normalized spacial score (nSPS) is 14.0. The molecule has 0 saturated heterocycles. The molecule has 4 unspecified atom stereocenters. The molecule has 13 N–H and O–H groups in total. The average Bonchev–Trinajstić information content (AvgIpc) is 2.79. The SMILES string of the molecule is CSCCC(N)C(=O)NC(CCC(N)=O)C(=O)NC(CO)C(=O)NC(CCCN=C(N)N)C(=O)O. The zero-order chi connectivity index (χ0) is 27.0. The number of carbonyl (C=O) groups excluding carboxylic acids is 4. The molecule has 0 bridgehead atoms. The van der Waals surface area contributed by atoms with Gasteiger partial charge in [-0.3, -0.25) is 24.2 Å². The van der Waals surface area contributed by atoms with E-state index in [2.05, 4.69) is 20.9 Å². The Balaban J connectivity index is 5.22. The quantitative estimate of drug-likeness (QED) is 0.0475. The maximum atomic E-state index is 12.7. The maximum absolute atomic E-state index is 12.7. The number of aliphatic hydroxyl groups is 1. The van der Waals surface area contributed by atoms with E-state index in [-0.39, 0.29) is 38.2 Å². The van der Waals surface area contributed by atoms with Gasteiger partial charge in [-0.2, -0.15) is 11.8 Å². The van der Waals surface area contributed by atoms with Crippen molar-refractivity contribution in [2.75, 3.05) is 25.2 Å². The van der Waals surface area contributed by atoms with Crippen LogP contribution in [-0.2, 0) is 24.0 Å². The van der Waals surface area contributed by atoms with Gasteiger partial charge in [-0.1, -0.05) is 0 Å². The third-order valence-corrected chi connectivity index (χ3v) is 5.30. The van der Waals surface area contributed by atoms with E-state index in [1.807, 2.05) is 6.26 Å². The van der Waals surface area contributed by atoms with Gasteiger partial charge in [-0.15, -0.1) is 0 Å². The summed E-state index contributed by atoms with van der Waals surface area (Å²) >= 11 is 1.48. The van der Waals surface area contributed by atoms with E-state index in [0.29, 0.717) is 12.2 Å². The van der Waals surface area contributed by atoms with Crippen molar-refractivity contribution in [3.63, 3.8) is 0 Å². The molecule has 0 aliphatic carbocycles. The van der Waals surface area contributed by atoms with E-state index in [4.69, 9.17) is 22.9 Å². The van der Waals surface area contributed by atoms with Crippen LogP contribution in [-0.4, -0.2) is 95.1 Å². The number of carboxylic acid groups (broad SMARTS) is 1. The Kier molecular flexibility index (Phi) is 15.8. The van der Waals surface area contributed by atoms with Crippen LogP contribution in [0.5, 0.6) is 0 Å². The lowest BCUT2D eigenvalue weighted by molar-refractivity contribution is -0.142. The van der Waals surface area contributed by atoms with Crippen LogP contribution in [0.2, 0.25) is 0 Å². The first-order chi connectivity index (χ1) is 16.4. The van der Waals surface area contributed by atoms with Crippen LogP contribution in [0.3, 0.4) is 0 Å². The minimum Gasteiger partial charge on any atom is -0.480 e. The van der Waals surface area contributed by atoms with Gasteiger partial charge in [0, 0.05) is 13.0 Å². The molecule has 0 aliphatic rings. The lowest BCUT2D eigenvalue weighted by Gasteiger charge is -2.24. The highest BCUT2D eigenvalue weighted by atomic mass is 32.2. The third-order valence-electron chi connectivity index (χ3n) is 4.66. The molecule has 200 valence electrons. The molecule has 0 aromatic carbocycles. The Hall–Kier alpha value is -3.11. The molecule has 4 atom stereocenters. The highest BCUT2D eigenvalue weighted by Gasteiger charge is 2.30. The van der Waals surface area contributed by atoms with Crippen LogP contribution in [0.4, 0.5) is 0 Å². The summed E-state index contributed by atoms with van der Waals surface area (Å²) in [5.74, 6) is -4.09. The number of aliphatic hydroxyl groups excluding tert-OH is 1. The summed E-state index contributed by atoms with van der Waals surface area (Å²) in [5.41, 5.74) is 21.3. The molecular formula is C19H36N8O7S. The van der Waals surface area contributed by atoms with Gasteiger partial charge in [0.2, 0.25) is 23.6 Å². The van der Waals surface area contributed by atoms with Crippen molar-refractivity contribution in [3.05, 3.63) is 0 Å². The molecule has 0 fully saturated rings. The second-order valence-electron chi connectivity index (χ2n) is 7.55. The van der Waals surface area contributed by atoms with Gasteiger partial charge in [0.1, 0.15) is 18.1 Å². The minimum atomic E-state index is -1.53. The first-order valence-corrected chi connectivity index (χ1v) is 12.1. The van der Waals surface area contributed by atoms with Crippen molar-refractivity contribution in [3.8, 4) is 0 Å². The molecule has 16 heteroatoms. The molecule has 15 nitrogen and oxygen atoms in total. The number of aliphatic carboxylic acids is 1. The number of nitrogens with zero attached hydrogens (tertiary/aromatic N) is 1. The Morgan fingerprint density at radius 2 is 1.46 bits per heavy atom. The molecule has 0 saturated carbocycles. The Labute approximate surface area is 207 Å². The number of thioether (sulfide) groups is 1. The van der Waals surface area contributed by atoms with Crippen molar-refractivity contribution in [2.24, 2.45) is 27.9 Å². The average molecular weight is 521 g/mol. The van der Waals surface area contributed by atoms with E-state index in [1.54, 1.807) is 0 Å². The number of primary amides is 1.